The molecule has 0 unspecified atom stereocenters. The van der Waals surface area contributed by atoms with Gasteiger partial charge in [0.05, 0.1) is 49.1 Å². The number of pyridine rings is 1. The van der Waals surface area contributed by atoms with Gasteiger partial charge in [0.1, 0.15) is 18.5 Å². The molecule has 0 aliphatic carbocycles. The molecule has 3 N–H and O–H groups in total. The van der Waals surface area contributed by atoms with Gasteiger partial charge >= 0.3 is 6.18 Å². The molecular formula is C26H27F4N5O4. The molecule has 39 heavy (non-hydrogen) atoms. The van der Waals surface area contributed by atoms with Crippen LogP contribution in [0.25, 0.3) is 11.3 Å². The van der Waals surface area contributed by atoms with Gasteiger partial charge in [-0.15, -0.1) is 0 Å². The number of nitrogens with zero attached hydrogens (tertiary/aromatic N) is 2. The molecule has 9 nitrogen and oxygen atoms in total. The predicted molar refractivity (Wildman–Crippen MR) is 134 cm³/mol. The van der Waals surface area contributed by atoms with Gasteiger partial charge in [0.2, 0.25) is 0 Å². The molecule has 5 rings (SSSR count). The number of aromatic nitrogens is 2. The highest BCUT2D eigenvalue weighted by molar-refractivity contribution is 6.06. The van der Waals surface area contributed by atoms with Crippen molar-refractivity contribution in [1.29, 1.82) is 0 Å². The maximum Gasteiger partial charge on any atom is 0.401 e. The quantitative estimate of drug-likeness (QED) is 0.367. The van der Waals surface area contributed by atoms with Crippen molar-refractivity contribution in [3.63, 3.8) is 0 Å². The van der Waals surface area contributed by atoms with Gasteiger partial charge in [0, 0.05) is 43.5 Å². The zero-order valence-electron chi connectivity index (χ0n) is 21.0. The summed E-state index contributed by atoms with van der Waals surface area (Å²) in [4.78, 5) is 21.6. The summed E-state index contributed by atoms with van der Waals surface area (Å²) in [6.07, 6.45) is -1.30. The van der Waals surface area contributed by atoms with Gasteiger partial charge in [-0.05, 0) is 18.2 Å². The summed E-state index contributed by atoms with van der Waals surface area (Å²) >= 11 is 0. The topological polar surface area (TPSA) is 101 Å². The zero-order chi connectivity index (χ0) is 27.6. The Kier molecular flexibility index (Phi) is 7.62. The number of alkyl halides is 3. The number of H-pyrrole nitrogens is 1. The minimum Gasteiger partial charge on any atom is -0.492 e. The Bertz CT molecular complexity index is 1350. The number of amides is 1. The first-order valence-electron chi connectivity index (χ1n) is 12.3. The summed E-state index contributed by atoms with van der Waals surface area (Å²) in [5, 5.41) is 5.98. The Balaban J connectivity index is 1.45. The highest BCUT2D eigenvalue weighted by Gasteiger charge is 2.34. The molecule has 3 aromatic rings. The van der Waals surface area contributed by atoms with Gasteiger partial charge in [-0.3, -0.25) is 14.7 Å². The number of methoxy groups -OCH3 is 1. The lowest BCUT2D eigenvalue weighted by Gasteiger charge is -2.33. The van der Waals surface area contributed by atoms with E-state index in [0.29, 0.717) is 52.6 Å². The van der Waals surface area contributed by atoms with E-state index >= 15 is 0 Å². The lowest BCUT2D eigenvalue weighted by molar-refractivity contribution is -0.160. The van der Waals surface area contributed by atoms with Gasteiger partial charge in [-0.25, -0.2) is 4.39 Å². The molecule has 1 aromatic carbocycles. The molecule has 4 heterocycles. The van der Waals surface area contributed by atoms with Crippen LogP contribution < -0.4 is 20.1 Å². The van der Waals surface area contributed by atoms with Crippen LogP contribution in [-0.2, 0) is 11.2 Å². The molecule has 208 valence electrons. The van der Waals surface area contributed by atoms with E-state index in [0.717, 1.165) is 0 Å². The number of carbonyl (C=O) groups is 1. The number of rotatable bonds is 8. The second-order valence-corrected chi connectivity index (χ2v) is 9.21. The number of morpholine rings is 1. The van der Waals surface area contributed by atoms with Crippen molar-refractivity contribution in [3.8, 4) is 22.8 Å². The van der Waals surface area contributed by atoms with E-state index in [1.165, 1.54) is 30.3 Å². The number of halogens is 4. The fraction of sp³-hybridized carbons (Fsp3) is 0.385. The molecule has 13 heteroatoms. The van der Waals surface area contributed by atoms with Crippen molar-refractivity contribution in [1.82, 2.24) is 20.2 Å². The highest BCUT2D eigenvalue weighted by atomic mass is 19.4. The van der Waals surface area contributed by atoms with Crippen LogP contribution in [0.15, 0.2) is 36.7 Å². The van der Waals surface area contributed by atoms with Crippen molar-refractivity contribution >= 4 is 17.3 Å². The molecule has 1 saturated heterocycles. The predicted octanol–water partition coefficient (Wildman–Crippen LogP) is 3.90. The number of aromatic amines is 1. The molecule has 1 fully saturated rings. The normalized spacial score (nSPS) is 17.9. The summed E-state index contributed by atoms with van der Waals surface area (Å²) in [6, 6.07) is 6.10. The smallest absolute Gasteiger partial charge is 0.401 e. The van der Waals surface area contributed by atoms with Crippen LogP contribution in [0.1, 0.15) is 16.1 Å². The summed E-state index contributed by atoms with van der Waals surface area (Å²) in [7, 11) is 1.35. The number of ether oxygens (including phenoxy) is 3. The maximum atomic E-state index is 14.4. The van der Waals surface area contributed by atoms with Crippen LogP contribution in [0.3, 0.4) is 0 Å². The number of carbonyl (C=O) groups excluding carboxylic acids is 1. The van der Waals surface area contributed by atoms with Gasteiger partial charge in [0.25, 0.3) is 5.91 Å². The lowest BCUT2D eigenvalue weighted by atomic mass is 10.0. The van der Waals surface area contributed by atoms with Crippen LogP contribution in [-0.4, -0.2) is 79.6 Å². The van der Waals surface area contributed by atoms with Gasteiger partial charge in [-0.2, -0.15) is 13.2 Å². The van der Waals surface area contributed by atoms with Crippen molar-refractivity contribution in [2.45, 2.75) is 18.7 Å². The van der Waals surface area contributed by atoms with E-state index in [1.54, 1.807) is 18.3 Å². The van der Waals surface area contributed by atoms with Gasteiger partial charge in [-0.1, -0.05) is 6.07 Å². The first-order valence-corrected chi connectivity index (χ1v) is 12.3. The molecule has 0 radical (unpaired) electrons. The molecular weight excluding hydrogens is 522 g/mol. The van der Waals surface area contributed by atoms with Crippen LogP contribution in [0.5, 0.6) is 11.5 Å². The first-order chi connectivity index (χ1) is 18.7. The monoisotopic (exact) mass is 549 g/mol. The second-order valence-electron chi connectivity index (χ2n) is 9.21. The molecule has 0 spiro atoms. The lowest BCUT2D eigenvalue weighted by Crippen LogP contribution is -2.48. The summed E-state index contributed by atoms with van der Waals surface area (Å²) in [6.45, 7) is -0.164. The summed E-state index contributed by atoms with van der Waals surface area (Å²) < 4.78 is 69.9. The molecule has 0 bridgehead atoms. The van der Waals surface area contributed by atoms with Crippen LogP contribution in [0.2, 0.25) is 0 Å². The second kappa shape index (κ2) is 11.1. The molecule has 1 amide bonds. The van der Waals surface area contributed by atoms with E-state index in [-0.39, 0.29) is 38.0 Å². The van der Waals surface area contributed by atoms with Crippen LogP contribution >= 0.6 is 0 Å². The number of nitrogens with one attached hydrogen (secondary N) is 3. The third kappa shape index (κ3) is 5.93. The van der Waals surface area contributed by atoms with Gasteiger partial charge < -0.3 is 29.8 Å². The van der Waals surface area contributed by atoms with E-state index < -0.39 is 24.6 Å². The number of benzene rings is 1. The average molecular weight is 550 g/mol. The summed E-state index contributed by atoms with van der Waals surface area (Å²) in [5.74, 6) is -0.549. The minimum atomic E-state index is -4.30. The Hall–Kier alpha value is -3.84. The standard InChI is InChI=1S/C26H27F4N5O4/c1-37-24-17(27)3-2-4-19(24)34-23-21-18(6-8-32-25(21)36)33-22(23)16-5-7-31-11-20(16)39-13-15-12-35(9-10-38-15)14-26(28,29)30/h2-5,7,11,15,33-34H,6,8-10,12-14H2,1H3,(H,32,36)/t15-/m0/s1. The minimum absolute atomic E-state index is 0.00552. The van der Waals surface area contributed by atoms with Crippen molar-refractivity contribution in [2.75, 3.05) is 51.8 Å². The molecule has 2 aliphatic heterocycles. The Labute approximate surface area is 221 Å². The zero-order valence-corrected chi connectivity index (χ0v) is 21.0. The highest BCUT2D eigenvalue weighted by Crippen LogP contribution is 2.42. The third-order valence-electron chi connectivity index (χ3n) is 6.50. The number of hydrogen-bond donors (Lipinski definition) is 3. The number of para-hydroxylation sites is 1. The van der Waals surface area contributed by atoms with E-state index in [2.05, 4.69) is 20.6 Å². The van der Waals surface area contributed by atoms with Gasteiger partial charge in [0.15, 0.2) is 11.6 Å². The molecule has 1 atom stereocenters. The third-order valence-corrected chi connectivity index (χ3v) is 6.50. The average Bonchev–Trinajstić information content (AvgIpc) is 3.26. The van der Waals surface area contributed by atoms with Crippen molar-refractivity contribution < 1.29 is 36.6 Å². The Morgan fingerprint density at radius 1 is 1.28 bits per heavy atom. The van der Waals surface area contributed by atoms with Crippen molar-refractivity contribution in [3.05, 3.63) is 53.7 Å². The van der Waals surface area contributed by atoms with Crippen LogP contribution in [0, 0.1) is 5.82 Å². The first kappa shape index (κ1) is 26.8. The number of hydrogen-bond acceptors (Lipinski definition) is 7. The summed E-state index contributed by atoms with van der Waals surface area (Å²) in [5.41, 5.74) is 2.83. The molecule has 2 aromatic heterocycles. The van der Waals surface area contributed by atoms with E-state index in [1.807, 2.05) is 0 Å². The number of anilines is 2. The SMILES string of the molecule is COc1c(F)cccc1Nc1c(-c2ccncc2OC[C@@H]2CN(CC(F)(F)F)CCO2)[nH]c2c1C(=O)NCC2. The number of fused-ring (bicyclic) bond motifs is 1. The maximum absolute atomic E-state index is 14.4. The van der Waals surface area contributed by atoms with E-state index in [9.17, 15) is 22.4 Å². The fourth-order valence-electron chi connectivity index (χ4n) is 4.82. The molecule has 0 saturated carbocycles. The Morgan fingerprint density at radius 2 is 2.13 bits per heavy atom. The fourth-order valence-corrected chi connectivity index (χ4v) is 4.82. The van der Waals surface area contributed by atoms with Crippen molar-refractivity contribution in [2.24, 2.45) is 0 Å². The van der Waals surface area contributed by atoms with Crippen LogP contribution in [0.4, 0.5) is 28.9 Å². The largest absolute Gasteiger partial charge is 0.492 e. The molecule has 2 aliphatic rings. The van der Waals surface area contributed by atoms with E-state index in [4.69, 9.17) is 14.2 Å². The Morgan fingerprint density at radius 3 is 2.92 bits per heavy atom.